The lowest BCUT2D eigenvalue weighted by molar-refractivity contribution is 0.112. The molecule has 0 saturated carbocycles. The van der Waals surface area contributed by atoms with Crippen LogP contribution in [0.2, 0.25) is 0 Å². The maximum Gasteiger partial charge on any atom is 0.283 e. The number of ether oxygens (including phenoxy) is 1. The lowest BCUT2D eigenvalue weighted by atomic mass is 9.79. The molecule has 0 amide bonds. The van der Waals surface area contributed by atoms with E-state index in [9.17, 15) is 14.0 Å². The summed E-state index contributed by atoms with van der Waals surface area (Å²) in [6.45, 7) is 0.797. The monoisotopic (exact) mass is 355 g/mol. The molecule has 8 heteroatoms. The molecule has 2 aliphatic heterocycles. The van der Waals surface area contributed by atoms with Gasteiger partial charge in [-0.2, -0.15) is 5.26 Å². The number of hydrogen-bond donors (Lipinski definition) is 1. The molecule has 132 valence electrons. The van der Waals surface area contributed by atoms with E-state index in [1.165, 1.54) is 12.1 Å². The van der Waals surface area contributed by atoms with Crippen LogP contribution in [0.5, 0.6) is 0 Å². The zero-order chi connectivity index (χ0) is 18.3. The van der Waals surface area contributed by atoms with E-state index in [1.807, 2.05) is 4.90 Å². The van der Waals surface area contributed by atoms with Crippen LogP contribution in [0, 0.1) is 23.0 Å². The SMILES string of the molecule is N#Cc1cccnc1N1CC[C@]2(c3ccc(F)cc3F)N=C(N)O[C@@H]2C1. The van der Waals surface area contributed by atoms with Crippen LogP contribution in [-0.4, -0.2) is 30.2 Å². The number of pyridine rings is 1. The number of nitrogens with two attached hydrogens (primary N) is 1. The van der Waals surface area contributed by atoms with Crippen molar-refractivity contribution in [3.05, 3.63) is 59.3 Å². The van der Waals surface area contributed by atoms with Crippen molar-refractivity contribution in [1.29, 1.82) is 5.26 Å². The van der Waals surface area contributed by atoms with Gasteiger partial charge in [-0.3, -0.25) is 0 Å². The molecule has 1 fully saturated rings. The number of anilines is 1. The standard InChI is InChI=1S/C18H15F2N5O/c19-12-3-4-13(14(20)8-12)18-5-7-25(10-15(18)26-17(22)24-18)16-11(9-21)2-1-6-23-16/h1-4,6,8,15H,5,7,10H2,(H2,22,24)/t15-,18-/m1/s1. The molecule has 2 aromatic rings. The topological polar surface area (TPSA) is 87.5 Å². The zero-order valence-electron chi connectivity index (χ0n) is 13.7. The molecule has 2 N–H and O–H groups in total. The summed E-state index contributed by atoms with van der Waals surface area (Å²) in [6.07, 6.45) is 1.44. The second-order valence-electron chi connectivity index (χ2n) is 6.29. The first kappa shape index (κ1) is 16.3. The molecular formula is C18H15F2N5O. The maximum absolute atomic E-state index is 14.5. The first-order valence-corrected chi connectivity index (χ1v) is 8.11. The summed E-state index contributed by atoms with van der Waals surface area (Å²) in [5.74, 6) is -0.794. The average molecular weight is 355 g/mol. The molecule has 0 unspecified atom stereocenters. The van der Waals surface area contributed by atoms with Gasteiger partial charge in [0.05, 0.1) is 12.1 Å². The van der Waals surface area contributed by atoms with Crippen molar-refractivity contribution in [3.63, 3.8) is 0 Å². The van der Waals surface area contributed by atoms with Crippen molar-refractivity contribution in [3.8, 4) is 6.07 Å². The lowest BCUT2D eigenvalue weighted by Gasteiger charge is -2.41. The molecule has 3 heterocycles. The molecule has 1 saturated heterocycles. The Morgan fingerprint density at radius 3 is 2.96 bits per heavy atom. The Balaban J connectivity index is 1.71. The molecule has 4 rings (SSSR count). The smallest absolute Gasteiger partial charge is 0.283 e. The number of amidine groups is 1. The van der Waals surface area contributed by atoms with Crippen molar-refractivity contribution in [2.24, 2.45) is 10.7 Å². The van der Waals surface area contributed by atoms with E-state index in [2.05, 4.69) is 16.0 Å². The summed E-state index contributed by atoms with van der Waals surface area (Å²) >= 11 is 0. The van der Waals surface area contributed by atoms with Crippen LogP contribution < -0.4 is 10.6 Å². The predicted octanol–water partition coefficient (Wildman–Crippen LogP) is 2.05. The minimum atomic E-state index is -1.01. The number of aliphatic imine (C=N–C) groups is 1. The number of hydrogen-bond acceptors (Lipinski definition) is 6. The predicted molar refractivity (Wildman–Crippen MR) is 90.3 cm³/mol. The van der Waals surface area contributed by atoms with Crippen LogP contribution in [-0.2, 0) is 10.3 Å². The quantitative estimate of drug-likeness (QED) is 0.891. The van der Waals surface area contributed by atoms with Gasteiger partial charge in [0.2, 0.25) is 0 Å². The van der Waals surface area contributed by atoms with E-state index in [4.69, 9.17) is 10.5 Å². The first-order chi connectivity index (χ1) is 12.5. The second kappa shape index (κ2) is 5.95. The normalized spacial score (nSPS) is 24.4. The fourth-order valence-corrected chi connectivity index (χ4v) is 3.68. The summed E-state index contributed by atoms with van der Waals surface area (Å²) in [5, 5.41) is 9.29. The third-order valence-electron chi connectivity index (χ3n) is 4.86. The van der Waals surface area contributed by atoms with Crippen LogP contribution in [0.25, 0.3) is 0 Å². The maximum atomic E-state index is 14.5. The molecule has 1 aromatic heterocycles. The van der Waals surface area contributed by atoms with E-state index < -0.39 is 23.3 Å². The van der Waals surface area contributed by atoms with Crippen molar-refractivity contribution in [2.75, 3.05) is 18.0 Å². The highest BCUT2D eigenvalue weighted by molar-refractivity contribution is 5.75. The highest BCUT2D eigenvalue weighted by Gasteiger charge is 2.52. The summed E-state index contributed by atoms with van der Waals surface area (Å²) in [7, 11) is 0. The van der Waals surface area contributed by atoms with Crippen molar-refractivity contribution in [1.82, 2.24) is 4.98 Å². The summed E-state index contributed by atoms with van der Waals surface area (Å²) < 4.78 is 33.4. The van der Waals surface area contributed by atoms with E-state index in [0.717, 1.165) is 6.07 Å². The summed E-state index contributed by atoms with van der Waals surface area (Å²) in [5.41, 5.74) is 5.47. The number of piperidine rings is 1. The van der Waals surface area contributed by atoms with Gasteiger partial charge in [-0.1, -0.05) is 6.07 Å². The molecule has 0 radical (unpaired) electrons. The number of halogens is 2. The number of nitriles is 1. The lowest BCUT2D eigenvalue weighted by Crippen LogP contribution is -2.52. The zero-order valence-corrected chi connectivity index (χ0v) is 13.7. The number of aromatic nitrogens is 1. The van der Waals surface area contributed by atoms with Crippen molar-refractivity contribution >= 4 is 11.8 Å². The Hall–Kier alpha value is -3.21. The number of nitrogens with zero attached hydrogens (tertiary/aromatic N) is 4. The van der Waals surface area contributed by atoms with Gasteiger partial charge in [0.15, 0.2) is 0 Å². The highest BCUT2D eigenvalue weighted by Crippen LogP contribution is 2.44. The molecule has 2 atom stereocenters. The second-order valence-corrected chi connectivity index (χ2v) is 6.29. The molecule has 26 heavy (non-hydrogen) atoms. The van der Waals surface area contributed by atoms with Crippen LogP contribution in [0.3, 0.4) is 0 Å². The van der Waals surface area contributed by atoms with Gasteiger partial charge in [-0.25, -0.2) is 18.8 Å². The molecule has 0 aliphatic carbocycles. The van der Waals surface area contributed by atoms with E-state index in [0.29, 0.717) is 30.9 Å². The largest absolute Gasteiger partial charge is 0.457 e. The third kappa shape index (κ3) is 2.44. The molecular weight excluding hydrogens is 340 g/mol. The average Bonchev–Trinajstić information content (AvgIpc) is 2.97. The Bertz CT molecular complexity index is 941. The van der Waals surface area contributed by atoms with Gasteiger partial charge in [-0.05, 0) is 24.6 Å². The van der Waals surface area contributed by atoms with Gasteiger partial charge >= 0.3 is 0 Å². The van der Waals surface area contributed by atoms with Crippen LogP contribution in [0.4, 0.5) is 14.6 Å². The molecule has 0 spiro atoms. The Labute approximate surface area is 148 Å². The van der Waals surface area contributed by atoms with Crippen LogP contribution in [0.1, 0.15) is 17.5 Å². The molecule has 2 aliphatic rings. The van der Waals surface area contributed by atoms with E-state index in [1.54, 1.807) is 18.3 Å². The van der Waals surface area contributed by atoms with Gasteiger partial charge in [0, 0.05) is 24.4 Å². The Morgan fingerprint density at radius 2 is 2.19 bits per heavy atom. The van der Waals surface area contributed by atoms with Crippen molar-refractivity contribution < 1.29 is 13.5 Å². The summed E-state index contributed by atoms with van der Waals surface area (Å²) in [4.78, 5) is 10.6. The molecule has 6 nitrogen and oxygen atoms in total. The highest BCUT2D eigenvalue weighted by atomic mass is 19.1. The van der Waals surface area contributed by atoms with E-state index >= 15 is 0 Å². The van der Waals surface area contributed by atoms with Gasteiger partial charge < -0.3 is 15.4 Å². The first-order valence-electron chi connectivity index (χ1n) is 8.11. The van der Waals surface area contributed by atoms with Gasteiger partial charge in [0.1, 0.15) is 35.2 Å². The Kier molecular flexibility index (Phi) is 3.72. The Morgan fingerprint density at radius 1 is 1.35 bits per heavy atom. The molecule has 0 bridgehead atoms. The van der Waals surface area contributed by atoms with Crippen LogP contribution in [0.15, 0.2) is 41.5 Å². The fraction of sp³-hybridized carbons (Fsp3) is 0.278. The van der Waals surface area contributed by atoms with Crippen LogP contribution >= 0.6 is 0 Å². The van der Waals surface area contributed by atoms with E-state index in [-0.39, 0.29) is 11.6 Å². The number of rotatable bonds is 2. The number of fused-ring (bicyclic) bond motifs is 1. The van der Waals surface area contributed by atoms with Gasteiger partial charge in [-0.15, -0.1) is 0 Å². The van der Waals surface area contributed by atoms with Gasteiger partial charge in [0.25, 0.3) is 6.02 Å². The molecule has 1 aromatic carbocycles. The third-order valence-corrected chi connectivity index (χ3v) is 4.86. The number of benzene rings is 1. The minimum Gasteiger partial charge on any atom is -0.457 e. The summed E-state index contributed by atoms with van der Waals surface area (Å²) in [6, 6.07) is 8.90. The minimum absolute atomic E-state index is 0.0258. The van der Waals surface area contributed by atoms with Crippen molar-refractivity contribution in [2.45, 2.75) is 18.1 Å². The fourth-order valence-electron chi connectivity index (χ4n) is 3.68.